The van der Waals surface area contributed by atoms with E-state index in [0.29, 0.717) is 0 Å². The maximum Gasteiger partial charge on any atom is 1.00 e. The summed E-state index contributed by atoms with van der Waals surface area (Å²) in [6, 6.07) is 3.37. The van der Waals surface area contributed by atoms with Crippen molar-refractivity contribution in [2.45, 2.75) is 43.0 Å². The predicted molar refractivity (Wildman–Crippen MR) is 93.6 cm³/mol. The Morgan fingerprint density at radius 2 is 2.03 bits per heavy atom. The van der Waals surface area contributed by atoms with Gasteiger partial charge in [-0.25, -0.2) is 9.48 Å². The van der Waals surface area contributed by atoms with Gasteiger partial charge < -0.3 is 20.0 Å². The maximum absolute atomic E-state index is 11.6. The van der Waals surface area contributed by atoms with Gasteiger partial charge in [0.2, 0.25) is 5.16 Å². The Morgan fingerprint density at radius 1 is 1.34 bits per heavy atom. The third kappa shape index (κ3) is 7.37. The van der Waals surface area contributed by atoms with Crippen molar-refractivity contribution in [1.82, 2.24) is 25.5 Å². The van der Waals surface area contributed by atoms with Crippen molar-refractivity contribution in [3.8, 4) is 0 Å². The molecule has 0 bridgehead atoms. The Balaban J connectivity index is 0.00000420. The van der Waals surface area contributed by atoms with Crippen LogP contribution in [0.4, 0.5) is 10.5 Å². The normalized spacial score (nSPS) is 10.7. The maximum atomic E-state index is 11.6. The number of ether oxygens (including phenoxy) is 1. The second-order valence-electron chi connectivity index (χ2n) is 6.44. The van der Waals surface area contributed by atoms with Gasteiger partial charge in [-0.15, -0.1) is 5.10 Å². The van der Waals surface area contributed by atoms with Crippen LogP contribution in [0.2, 0.25) is 0 Å². The standard InChI is InChI=1S/C15H18N6O6S.Li/c1-15(2,3)27-14(24)16-6-7-20-13(17-18-19-20)28-11-5-4-9(21(25)26)8-10(11)12(22)23;/h4-5,8H,6-7H2,1-3H3,(H,16,24)(H,22,23);/q;+1/p-1. The van der Waals surface area contributed by atoms with Crippen molar-refractivity contribution in [2.75, 3.05) is 6.54 Å². The average Bonchev–Trinajstić information content (AvgIpc) is 3.00. The number of alkyl carbamates (subject to hydrolysis) is 1. The number of aromatic nitrogens is 4. The number of nitrogens with one attached hydrogen (secondary N) is 1. The topological polar surface area (TPSA) is 165 Å². The largest absolute Gasteiger partial charge is 1.00 e. The number of non-ortho nitro benzene ring substituents is 1. The van der Waals surface area contributed by atoms with Gasteiger partial charge in [0.25, 0.3) is 5.69 Å². The Labute approximate surface area is 181 Å². The molecular weight excluding hydrogens is 399 g/mol. The number of hydrogen-bond acceptors (Lipinski definition) is 10. The number of aromatic carboxylic acids is 1. The van der Waals surface area contributed by atoms with Crippen molar-refractivity contribution >= 4 is 29.5 Å². The molecular formula is C15H17LiN6O6S. The van der Waals surface area contributed by atoms with Crippen molar-refractivity contribution in [2.24, 2.45) is 0 Å². The number of tetrazole rings is 1. The van der Waals surface area contributed by atoms with E-state index in [1.807, 2.05) is 0 Å². The van der Waals surface area contributed by atoms with Crippen molar-refractivity contribution in [1.29, 1.82) is 0 Å². The molecule has 0 radical (unpaired) electrons. The van der Waals surface area contributed by atoms with Gasteiger partial charge in [0, 0.05) is 29.1 Å². The van der Waals surface area contributed by atoms with Crippen LogP contribution in [0.5, 0.6) is 0 Å². The van der Waals surface area contributed by atoms with Crippen LogP contribution in [-0.4, -0.2) is 49.3 Å². The fourth-order valence-electron chi connectivity index (χ4n) is 1.97. The molecule has 2 rings (SSSR count). The zero-order chi connectivity index (χ0) is 20.9. The summed E-state index contributed by atoms with van der Waals surface area (Å²) in [5, 5.41) is 36.0. The molecule has 0 fully saturated rings. The minimum atomic E-state index is -1.56. The number of carboxylic acids is 1. The molecule has 1 heterocycles. The van der Waals surface area contributed by atoms with Gasteiger partial charge in [0.1, 0.15) is 5.60 Å². The van der Waals surface area contributed by atoms with Crippen molar-refractivity contribution in [3.63, 3.8) is 0 Å². The third-order valence-electron chi connectivity index (χ3n) is 3.09. The third-order valence-corrected chi connectivity index (χ3v) is 4.14. The van der Waals surface area contributed by atoms with E-state index in [-0.39, 0.29) is 53.3 Å². The molecule has 0 spiro atoms. The molecule has 29 heavy (non-hydrogen) atoms. The summed E-state index contributed by atoms with van der Waals surface area (Å²) in [7, 11) is 0. The van der Waals surface area contributed by atoms with Gasteiger partial charge >= 0.3 is 25.0 Å². The summed E-state index contributed by atoms with van der Waals surface area (Å²) in [6.07, 6.45) is -0.593. The number of nitro groups is 1. The Kier molecular flexibility index (Phi) is 8.62. The summed E-state index contributed by atoms with van der Waals surface area (Å²) in [5.41, 5.74) is -1.35. The number of rotatable bonds is 7. The molecule has 150 valence electrons. The molecule has 1 N–H and O–H groups in total. The zero-order valence-electron chi connectivity index (χ0n) is 16.2. The number of hydrogen-bond donors (Lipinski definition) is 1. The van der Waals surface area contributed by atoms with E-state index in [1.54, 1.807) is 20.8 Å². The summed E-state index contributed by atoms with van der Waals surface area (Å²) in [5.74, 6) is -1.56. The fraction of sp³-hybridized carbons (Fsp3) is 0.400. The van der Waals surface area contributed by atoms with Gasteiger partial charge in [-0.05, 0) is 49.0 Å². The molecule has 0 aliphatic heterocycles. The first-order chi connectivity index (χ1) is 13.1. The number of nitro benzene ring substituents is 1. The smallest absolute Gasteiger partial charge is 0.545 e. The van der Waals surface area contributed by atoms with E-state index in [0.717, 1.165) is 17.8 Å². The van der Waals surface area contributed by atoms with Crippen LogP contribution in [0.3, 0.4) is 0 Å². The Bertz CT molecular complexity index is 900. The zero-order valence-corrected chi connectivity index (χ0v) is 17.1. The van der Waals surface area contributed by atoms with Crippen LogP contribution in [0.15, 0.2) is 28.3 Å². The SMILES string of the molecule is CC(C)(C)OC(=O)NCCn1nnnc1Sc1ccc([N+](=O)[O-])cc1C(=O)[O-].[Li+]. The van der Waals surface area contributed by atoms with E-state index in [4.69, 9.17) is 4.74 Å². The monoisotopic (exact) mass is 416 g/mol. The molecule has 0 aliphatic carbocycles. The first-order valence-corrected chi connectivity index (χ1v) is 8.79. The molecule has 12 nitrogen and oxygen atoms in total. The van der Waals surface area contributed by atoms with Gasteiger partial charge in [0.15, 0.2) is 0 Å². The van der Waals surface area contributed by atoms with E-state index in [9.17, 15) is 24.8 Å². The number of carbonyl (C=O) groups is 2. The van der Waals surface area contributed by atoms with Crippen molar-refractivity contribution in [3.05, 3.63) is 33.9 Å². The van der Waals surface area contributed by atoms with Gasteiger partial charge in [0.05, 0.1) is 17.4 Å². The fourth-order valence-corrected chi connectivity index (χ4v) is 2.86. The number of carbonyl (C=O) groups excluding carboxylic acids is 2. The quantitative estimate of drug-likeness (QED) is 0.293. The number of carboxylic acid groups (broad SMARTS) is 1. The summed E-state index contributed by atoms with van der Waals surface area (Å²) < 4.78 is 6.46. The van der Waals surface area contributed by atoms with Gasteiger partial charge in [-0.1, -0.05) is 0 Å². The van der Waals surface area contributed by atoms with E-state index in [1.165, 1.54) is 16.8 Å². The average molecular weight is 416 g/mol. The minimum absolute atomic E-state index is 0. The molecule has 0 unspecified atom stereocenters. The van der Waals surface area contributed by atoms with Gasteiger partial charge in [-0.3, -0.25) is 10.1 Å². The molecule has 1 aromatic heterocycles. The Hall–Kier alpha value is -2.62. The summed E-state index contributed by atoms with van der Waals surface area (Å²) in [6.45, 7) is 5.58. The minimum Gasteiger partial charge on any atom is -0.545 e. The number of benzene rings is 1. The molecule has 1 amide bonds. The van der Waals surface area contributed by atoms with Crippen LogP contribution in [0, 0.1) is 10.1 Å². The van der Waals surface area contributed by atoms with E-state index in [2.05, 4.69) is 20.8 Å². The number of nitrogens with zero attached hydrogens (tertiary/aromatic N) is 5. The second kappa shape index (κ2) is 10.2. The summed E-state index contributed by atoms with van der Waals surface area (Å²) in [4.78, 5) is 33.3. The first kappa shape index (κ1) is 24.4. The van der Waals surface area contributed by atoms with Crippen LogP contribution >= 0.6 is 11.8 Å². The first-order valence-electron chi connectivity index (χ1n) is 7.97. The summed E-state index contributed by atoms with van der Waals surface area (Å²) >= 11 is 0.905. The molecule has 0 aliphatic rings. The Morgan fingerprint density at radius 3 is 2.62 bits per heavy atom. The van der Waals surface area contributed by atoms with E-state index >= 15 is 0 Å². The van der Waals surface area contributed by atoms with E-state index < -0.39 is 22.6 Å². The molecule has 2 aromatic rings. The van der Waals surface area contributed by atoms with Crippen LogP contribution in [0.1, 0.15) is 31.1 Å². The molecule has 0 saturated heterocycles. The molecule has 14 heteroatoms. The predicted octanol–water partition coefficient (Wildman–Crippen LogP) is -2.38. The van der Waals surface area contributed by atoms with Crippen molar-refractivity contribution < 1.29 is 43.2 Å². The van der Waals surface area contributed by atoms with Gasteiger partial charge in [-0.2, -0.15) is 0 Å². The van der Waals surface area contributed by atoms with Crippen LogP contribution in [-0.2, 0) is 11.3 Å². The molecule has 0 atom stereocenters. The second-order valence-corrected chi connectivity index (χ2v) is 7.45. The number of amides is 1. The molecule has 0 saturated carbocycles. The molecule has 1 aromatic carbocycles. The van der Waals surface area contributed by atoms with Crippen LogP contribution in [0.25, 0.3) is 0 Å². The van der Waals surface area contributed by atoms with Crippen LogP contribution < -0.4 is 29.3 Å².